The molecule has 1 rings (SSSR count). The molecule has 0 spiro atoms. The summed E-state index contributed by atoms with van der Waals surface area (Å²) in [6.07, 6.45) is 0. The zero-order chi connectivity index (χ0) is 15.0. The number of amides is 1. The van der Waals surface area contributed by atoms with E-state index in [2.05, 4.69) is 28.5 Å². The quantitative estimate of drug-likeness (QED) is 0.704. The van der Waals surface area contributed by atoms with Gasteiger partial charge in [0, 0.05) is 25.9 Å². The first-order chi connectivity index (χ1) is 9.52. The lowest BCUT2D eigenvalue weighted by atomic mass is 10.1. The average Bonchev–Trinajstić information content (AvgIpc) is 2.37. The van der Waals surface area contributed by atoms with E-state index in [4.69, 9.17) is 4.74 Å². The number of nitrogens with one attached hydrogen (secondary N) is 2. The van der Waals surface area contributed by atoms with Gasteiger partial charge in [0.1, 0.15) is 0 Å². The molecule has 0 bridgehead atoms. The van der Waals surface area contributed by atoms with Crippen LogP contribution in [0.15, 0.2) is 18.2 Å². The largest absolute Gasteiger partial charge is 0.383 e. The lowest BCUT2D eigenvalue weighted by molar-refractivity contribution is -0.115. The Kier molecular flexibility index (Phi) is 13.5. The van der Waals surface area contributed by atoms with Crippen molar-refractivity contribution in [2.75, 3.05) is 46.2 Å². The SMILES string of the molecule is COCCNCC(=O)Nc1ccc(C)cc1CN(C)C.Cl.Cl. The van der Waals surface area contributed by atoms with E-state index in [9.17, 15) is 4.79 Å². The first-order valence-electron chi connectivity index (χ1n) is 6.76. The van der Waals surface area contributed by atoms with Crippen LogP contribution in [-0.4, -0.2) is 51.7 Å². The summed E-state index contributed by atoms with van der Waals surface area (Å²) in [4.78, 5) is 14.0. The van der Waals surface area contributed by atoms with Crippen LogP contribution in [0.4, 0.5) is 5.69 Å². The molecule has 0 fully saturated rings. The molecule has 0 aromatic heterocycles. The first-order valence-corrected chi connectivity index (χ1v) is 6.76. The molecular weight excluding hydrogens is 325 g/mol. The van der Waals surface area contributed by atoms with Gasteiger partial charge in [0.2, 0.25) is 5.91 Å². The molecule has 2 N–H and O–H groups in total. The van der Waals surface area contributed by atoms with Gasteiger partial charge < -0.3 is 20.3 Å². The highest BCUT2D eigenvalue weighted by Gasteiger charge is 2.07. The minimum atomic E-state index is -0.0371. The van der Waals surface area contributed by atoms with Crippen LogP contribution in [0.1, 0.15) is 11.1 Å². The van der Waals surface area contributed by atoms with E-state index < -0.39 is 0 Å². The minimum Gasteiger partial charge on any atom is -0.383 e. The van der Waals surface area contributed by atoms with Crippen molar-refractivity contribution in [1.82, 2.24) is 10.2 Å². The fourth-order valence-electron chi connectivity index (χ4n) is 1.89. The van der Waals surface area contributed by atoms with E-state index in [-0.39, 0.29) is 30.7 Å². The number of hydrogen-bond donors (Lipinski definition) is 2. The van der Waals surface area contributed by atoms with Crippen molar-refractivity contribution in [3.8, 4) is 0 Å². The van der Waals surface area contributed by atoms with Crippen LogP contribution in [0.5, 0.6) is 0 Å². The number of nitrogens with zero attached hydrogens (tertiary/aromatic N) is 1. The third-order valence-electron chi connectivity index (χ3n) is 2.79. The predicted octanol–water partition coefficient (Wildman–Crippen LogP) is 2.07. The second-order valence-corrected chi connectivity index (χ2v) is 5.12. The van der Waals surface area contributed by atoms with Crippen molar-refractivity contribution in [2.24, 2.45) is 0 Å². The van der Waals surface area contributed by atoms with Crippen molar-refractivity contribution < 1.29 is 9.53 Å². The van der Waals surface area contributed by atoms with Crippen LogP contribution in [0, 0.1) is 6.92 Å². The van der Waals surface area contributed by atoms with Crippen molar-refractivity contribution in [3.05, 3.63) is 29.3 Å². The van der Waals surface area contributed by atoms with Gasteiger partial charge in [0.25, 0.3) is 0 Å². The average molecular weight is 352 g/mol. The number of ether oxygens (including phenoxy) is 1. The number of carbonyl (C=O) groups excluding carboxylic acids is 1. The Morgan fingerprint density at radius 1 is 1.27 bits per heavy atom. The Labute approximate surface area is 145 Å². The molecule has 0 aliphatic rings. The molecule has 0 saturated heterocycles. The summed E-state index contributed by atoms with van der Waals surface area (Å²) < 4.78 is 4.92. The van der Waals surface area contributed by atoms with E-state index in [1.165, 1.54) is 5.56 Å². The van der Waals surface area contributed by atoms with E-state index in [0.717, 1.165) is 17.8 Å². The zero-order valence-corrected chi connectivity index (χ0v) is 15.3. The molecule has 1 aromatic carbocycles. The van der Waals surface area contributed by atoms with E-state index in [1.807, 2.05) is 26.2 Å². The molecule has 0 aliphatic carbocycles. The first kappa shape index (κ1) is 23.4. The molecule has 0 unspecified atom stereocenters. The molecule has 0 aliphatic heterocycles. The summed E-state index contributed by atoms with van der Waals surface area (Å²) in [5, 5.41) is 5.98. The van der Waals surface area contributed by atoms with Crippen LogP contribution in [0.2, 0.25) is 0 Å². The summed E-state index contributed by atoms with van der Waals surface area (Å²) >= 11 is 0. The summed E-state index contributed by atoms with van der Waals surface area (Å²) in [5.41, 5.74) is 3.20. The normalized spacial score (nSPS) is 9.86. The highest BCUT2D eigenvalue weighted by Crippen LogP contribution is 2.18. The van der Waals surface area contributed by atoms with Gasteiger partial charge in [-0.1, -0.05) is 17.7 Å². The molecule has 22 heavy (non-hydrogen) atoms. The number of rotatable bonds is 8. The van der Waals surface area contributed by atoms with Crippen LogP contribution >= 0.6 is 24.8 Å². The highest BCUT2D eigenvalue weighted by molar-refractivity contribution is 5.93. The highest BCUT2D eigenvalue weighted by atomic mass is 35.5. The van der Waals surface area contributed by atoms with Gasteiger partial charge in [-0.3, -0.25) is 4.79 Å². The van der Waals surface area contributed by atoms with Gasteiger partial charge in [-0.25, -0.2) is 0 Å². The number of aryl methyl sites for hydroxylation is 1. The van der Waals surface area contributed by atoms with E-state index in [0.29, 0.717) is 19.7 Å². The van der Waals surface area contributed by atoms with Crippen molar-refractivity contribution in [2.45, 2.75) is 13.5 Å². The molecule has 1 aromatic rings. The maximum atomic E-state index is 11.9. The van der Waals surface area contributed by atoms with Gasteiger partial charge in [-0.05, 0) is 32.6 Å². The molecule has 1 amide bonds. The van der Waals surface area contributed by atoms with Gasteiger partial charge in [-0.2, -0.15) is 0 Å². The fourth-order valence-corrected chi connectivity index (χ4v) is 1.89. The van der Waals surface area contributed by atoms with E-state index >= 15 is 0 Å². The monoisotopic (exact) mass is 351 g/mol. The fraction of sp³-hybridized carbons (Fsp3) is 0.533. The van der Waals surface area contributed by atoms with Gasteiger partial charge >= 0.3 is 0 Å². The Hall–Kier alpha value is -0.850. The van der Waals surface area contributed by atoms with Crippen LogP contribution in [0.25, 0.3) is 0 Å². The molecule has 5 nitrogen and oxygen atoms in total. The van der Waals surface area contributed by atoms with Gasteiger partial charge in [0.05, 0.1) is 13.2 Å². The van der Waals surface area contributed by atoms with E-state index in [1.54, 1.807) is 7.11 Å². The van der Waals surface area contributed by atoms with Gasteiger partial charge in [-0.15, -0.1) is 24.8 Å². The second kappa shape index (κ2) is 12.7. The standard InChI is InChI=1S/C15H25N3O2.2ClH/c1-12-5-6-14(13(9-12)11-18(2)3)17-15(19)10-16-7-8-20-4;;/h5-6,9,16H,7-8,10-11H2,1-4H3,(H,17,19);2*1H. The predicted molar refractivity (Wildman–Crippen MR) is 96.4 cm³/mol. The topological polar surface area (TPSA) is 53.6 Å². The third kappa shape index (κ3) is 9.23. The number of methoxy groups -OCH3 is 1. The number of carbonyl (C=O) groups is 1. The van der Waals surface area contributed by atoms with Crippen LogP contribution < -0.4 is 10.6 Å². The minimum absolute atomic E-state index is 0. The maximum absolute atomic E-state index is 11.9. The smallest absolute Gasteiger partial charge is 0.238 e. The molecule has 0 saturated carbocycles. The molecule has 0 atom stereocenters. The molecule has 128 valence electrons. The van der Waals surface area contributed by atoms with Gasteiger partial charge in [0.15, 0.2) is 0 Å². The summed E-state index contributed by atoms with van der Waals surface area (Å²) in [5.74, 6) is -0.0371. The van der Waals surface area contributed by atoms with Crippen molar-refractivity contribution in [1.29, 1.82) is 0 Å². The summed E-state index contributed by atoms with van der Waals surface area (Å²) in [7, 11) is 5.67. The molecule has 0 radical (unpaired) electrons. The van der Waals surface area contributed by atoms with Crippen LogP contribution in [0.3, 0.4) is 0 Å². The Bertz CT molecular complexity index is 443. The Balaban J connectivity index is 0. The zero-order valence-electron chi connectivity index (χ0n) is 13.6. The molecule has 7 heteroatoms. The number of benzene rings is 1. The lowest BCUT2D eigenvalue weighted by Gasteiger charge is -2.16. The van der Waals surface area contributed by atoms with Crippen molar-refractivity contribution in [3.63, 3.8) is 0 Å². The number of anilines is 1. The maximum Gasteiger partial charge on any atom is 0.238 e. The lowest BCUT2D eigenvalue weighted by Crippen LogP contribution is -2.30. The Morgan fingerprint density at radius 2 is 1.95 bits per heavy atom. The summed E-state index contributed by atoms with van der Waals surface area (Å²) in [6.45, 7) is 4.41. The third-order valence-corrected chi connectivity index (χ3v) is 2.79. The molecule has 0 heterocycles. The summed E-state index contributed by atoms with van der Waals surface area (Å²) in [6, 6.07) is 6.07. The van der Waals surface area contributed by atoms with Crippen LogP contribution in [-0.2, 0) is 16.1 Å². The number of halogens is 2. The second-order valence-electron chi connectivity index (χ2n) is 5.12. The Morgan fingerprint density at radius 3 is 2.55 bits per heavy atom. The number of hydrogen-bond acceptors (Lipinski definition) is 4. The molecular formula is C15H27Cl2N3O2. The van der Waals surface area contributed by atoms with Crippen molar-refractivity contribution >= 4 is 36.4 Å².